The summed E-state index contributed by atoms with van der Waals surface area (Å²) in [6.07, 6.45) is 6.88. The predicted octanol–water partition coefficient (Wildman–Crippen LogP) is 33.3. The van der Waals surface area contributed by atoms with E-state index in [-0.39, 0.29) is 5.41 Å². The number of benzene rings is 20. The van der Waals surface area contributed by atoms with Crippen molar-refractivity contribution in [1.82, 2.24) is 0 Å². The Labute approximate surface area is 711 Å². The number of allylic oxidation sites excluding steroid dienone is 2. The van der Waals surface area contributed by atoms with Crippen molar-refractivity contribution in [3.05, 3.63) is 424 Å². The maximum Gasteiger partial charge on any atom is 0.159 e. The second-order valence-electron chi connectivity index (χ2n) is 33.7. The molecule has 0 radical (unpaired) electrons. The van der Waals surface area contributed by atoms with Crippen LogP contribution < -0.4 is 14.7 Å². The van der Waals surface area contributed by atoms with E-state index in [0.717, 1.165) is 226 Å². The monoisotopic (exact) mass is 1570 g/mol. The molecule has 0 atom stereocenters. The largest absolute Gasteiger partial charge is 0.456 e. The molecule has 0 saturated carbocycles. The Kier molecular flexibility index (Phi) is 16.5. The molecule has 20 aromatic carbocycles. The van der Waals surface area contributed by atoms with Crippen LogP contribution in [0.2, 0.25) is 0 Å². The lowest BCUT2D eigenvalue weighted by atomic mass is 9.84. The van der Waals surface area contributed by atoms with Gasteiger partial charge >= 0.3 is 0 Å². The molecular weight excluding hydrogens is 1500 g/mol. The lowest BCUT2D eigenvalue weighted by Crippen LogP contribution is -2.19. The number of anilines is 7. The summed E-state index contributed by atoms with van der Waals surface area (Å²) in [5.41, 5.74) is 25.1. The van der Waals surface area contributed by atoms with Crippen molar-refractivity contribution in [2.45, 2.75) is 26.2 Å². The average Bonchev–Trinajstić information content (AvgIpc) is 1.60. The number of hydrogen-bond donors (Lipinski definition) is 0. The van der Waals surface area contributed by atoms with Crippen LogP contribution in [0.3, 0.4) is 0 Å². The van der Waals surface area contributed by atoms with Gasteiger partial charge in [0, 0.05) is 101 Å². The van der Waals surface area contributed by atoms with Crippen molar-refractivity contribution < 1.29 is 13.3 Å². The van der Waals surface area contributed by atoms with Gasteiger partial charge in [0.2, 0.25) is 0 Å². The highest BCUT2D eigenvalue weighted by molar-refractivity contribution is 6.41. The van der Waals surface area contributed by atoms with E-state index in [1.807, 2.05) is 0 Å². The first-order chi connectivity index (χ1) is 60.6. The minimum atomic E-state index is -0.339. The van der Waals surface area contributed by atoms with Gasteiger partial charge in [0.25, 0.3) is 0 Å². The molecule has 580 valence electrons. The van der Waals surface area contributed by atoms with Crippen molar-refractivity contribution >= 4 is 176 Å². The third-order valence-corrected chi connectivity index (χ3v) is 25.5. The van der Waals surface area contributed by atoms with Crippen molar-refractivity contribution in [2.75, 3.05) is 21.2 Å². The molecule has 6 nitrogen and oxygen atoms in total. The van der Waals surface area contributed by atoms with E-state index in [4.69, 9.17) is 13.3 Å². The van der Waals surface area contributed by atoms with E-state index >= 15 is 0 Å². The molecule has 0 bridgehead atoms. The van der Waals surface area contributed by atoms with Crippen LogP contribution in [-0.2, 0) is 5.41 Å². The van der Waals surface area contributed by atoms with Gasteiger partial charge in [-0.1, -0.05) is 336 Å². The molecule has 3 aromatic heterocycles. The normalized spacial score (nSPS) is 12.6. The Morgan fingerprint density at radius 1 is 0.276 bits per heavy atom. The number of rotatable bonds is 13. The Morgan fingerprint density at radius 2 is 0.813 bits per heavy atom. The first kappa shape index (κ1) is 71.4. The van der Waals surface area contributed by atoms with Gasteiger partial charge in [-0.15, -0.1) is 0 Å². The Hall–Kier alpha value is -15.8. The fourth-order valence-electron chi connectivity index (χ4n) is 19.8. The molecule has 0 spiro atoms. The first-order valence-electron chi connectivity index (χ1n) is 42.5. The molecule has 4 heterocycles. The standard InChI is InChI=1S/C117H79N3O3/c1-117(2,3)100-54-29-53-97-110-109-99(72-103(115(110)123-114(97)100)118-62-60-76(61-63-118)73-30-9-4-10-31-73)112(119(87-46-26-44-82(67-87)75-34-13-6-14-35-75)89-58-59-94-93-48-23-24-55-104(93)121-105(94)70-89)106(78-38-17-8-18-39-78)98-71-102(108-96-52-28-50-92(113(96)122-116(108)111(98)109)84-45-25-43-79(65-84)74-32-11-5-12-33-74)120(88-57-56-83-64-80-40-19-20-41-81(80)66-86(83)68-88)101-69-85-42-21-22-47-91(85)107-90(49-27-51-95(101)107)77-36-15-7-16-37-77/h4-62,64-72H,63H2,1-3H3. The highest BCUT2D eigenvalue weighted by Crippen LogP contribution is 2.60. The van der Waals surface area contributed by atoms with Crippen molar-refractivity contribution in [2.24, 2.45) is 0 Å². The second-order valence-corrected chi connectivity index (χ2v) is 33.7. The summed E-state index contributed by atoms with van der Waals surface area (Å²) >= 11 is 0. The lowest BCUT2D eigenvalue weighted by molar-refractivity contribution is 0.573. The molecule has 123 heavy (non-hydrogen) atoms. The summed E-state index contributed by atoms with van der Waals surface area (Å²) in [5.74, 6) is 0. The van der Waals surface area contributed by atoms with Gasteiger partial charge in [0.15, 0.2) is 5.58 Å². The molecule has 1 aliphatic rings. The molecule has 0 amide bonds. The van der Waals surface area contributed by atoms with Gasteiger partial charge in [0.05, 0.1) is 28.1 Å². The molecule has 0 aliphatic carbocycles. The number of para-hydroxylation sites is 3. The van der Waals surface area contributed by atoms with Crippen molar-refractivity contribution in [3.8, 4) is 55.6 Å². The summed E-state index contributed by atoms with van der Waals surface area (Å²) in [7, 11) is 0. The van der Waals surface area contributed by atoms with Crippen LogP contribution in [0.5, 0.6) is 0 Å². The van der Waals surface area contributed by atoms with E-state index in [9.17, 15) is 0 Å². The van der Waals surface area contributed by atoms with Crippen molar-refractivity contribution in [3.63, 3.8) is 0 Å². The SMILES string of the molecule is CC(C)(C)c1cccc2c1oc1c(N3C=CC(c4ccccc4)=CC3)cc3c(N(c4cccc(-c5ccccc5)c4)c4ccc5c(c4)oc4ccccc45)c(-c4ccccc4)c4cc(N(c5ccc6cc7ccccc7cc6c5)c5cc6ccccc6c6c(-c7ccccc7)cccc56)c5c6cccc(-c7cccc(-c8ccccc8)c7)c6oc5c4c3c12. The van der Waals surface area contributed by atoms with Gasteiger partial charge in [-0.2, -0.15) is 0 Å². The minimum absolute atomic E-state index is 0.339. The Balaban J connectivity index is 0.939. The quantitative estimate of drug-likeness (QED) is 0.0847. The van der Waals surface area contributed by atoms with E-state index in [1.54, 1.807) is 0 Å². The third-order valence-electron chi connectivity index (χ3n) is 25.5. The van der Waals surface area contributed by atoms with Crippen LogP contribution in [-0.4, -0.2) is 6.54 Å². The summed E-state index contributed by atoms with van der Waals surface area (Å²) in [5, 5.41) is 19.0. The average molecular weight is 1570 g/mol. The molecular formula is C117H79N3O3. The molecule has 6 heteroatoms. The van der Waals surface area contributed by atoms with Gasteiger partial charge in [-0.05, 0) is 189 Å². The van der Waals surface area contributed by atoms with Gasteiger partial charge in [-0.3, -0.25) is 0 Å². The molecule has 1 aliphatic heterocycles. The van der Waals surface area contributed by atoms with Crippen LogP contribution in [0.15, 0.2) is 426 Å². The number of hydrogen-bond acceptors (Lipinski definition) is 6. The van der Waals surface area contributed by atoms with Crippen LogP contribution in [0, 0.1) is 0 Å². The van der Waals surface area contributed by atoms with Gasteiger partial charge in [-0.25, -0.2) is 0 Å². The second kappa shape index (κ2) is 28.5. The maximum atomic E-state index is 8.53. The summed E-state index contributed by atoms with van der Waals surface area (Å²) in [6, 6.07) is 145. The fraction of sp³-hybridized carbons (Fsp3) is 0.0427. The molecule has 0 N–H and O–H groups in total. The molecule has 0 saturated heterocycles. The van der Waals surface area contributed by atoms with Crippen LogP contribution >= 0.6 is 0 Å². The molecule has 23 aromatic rings. The smallest absolute Gasteiger partial charge is 0.159 e. The van der Waals surface area contributed by atoms with Crippen LogP contribution in [0.1, 0.15) is 31.9 Å². The van der Waals surface area contributed by atoms with Crippen LogP contribution in [0.25, 0.3) is 192 Å². The zero-order valence-electron chi connectivity index (χ0n) is 68.0. The zero-order chi connectivity index (χ0) is 81.5. The zero-order valence-corrected chi connectivity index (χ0v) is 68.0. The van der Waals surface area contributed by atoms with Gasteiger partial charge in [0.1, 0.15) is 27.9 Å². The summed E-state index contributed by atoms with van der Waals surface area (Å²) in [4.78, 5) is 7.52. The Morgan fingerprint density at radius 3 is 1.54 bits per heavy atom. The van der Waals surface area contributed by atoms with Gasteiger partial charge < -0.3 is 28.0 Å². The van der Waals surface area contributed by atoms with E-state index in [2.05, 4.69) is 448 Å². The predicted molar refractivity (Wildman–Crippen MR) is 519 cm³/mol. The number of furan rings is 3. The summed E-state index contributed by atoms with van der Waals surface area (Å²) < 4.78 is 23.6. The number of nitrogens with zero attached hydrogens (tertiary/aromatic N) is 3. The topological polar surface area (TPSA) is 49.1 Å². The molecule has 0 fully saturated rings. The minimum Gasteiger partial charge on any atom is -0.456 e. The lowest BCUT2D eigenvalue weighted by Gasteiger charge is -2.33. The highest BCUT2D eigenvalue weighted by atomic mass is 16.3. The Bertz CT molecular complexity index is 8320. The summed E-state index contributed by atoms with van der Waals surface area (Å²) in [6.45, 7) is 7.46. The van der Waals surface area contributed by atoms with Crippen molar-refractivity contribution in [1.29, 1.82) is 0 Å². The van der Waals surface area contributed by atoms with E-state index in [0.29, 0.717) is 6.54 Å². The first-order valence-corrected chi connectivity index (χ1v) is 42.5. The molecule has 0 unspecified atom stereocenters. The molecule has 24 rings (SSSR count). The fourth-order valence-corrected chi connectivity index (χ4v) is 19.8. The van der Waals surface area contributed by atoms with E-state index in [1.165, 1.54) is 16.2 Å². The van der Waals surface area contributed by atoms with E-state index < -0.39 is 0 Å². The maximum absolute atomic E-state index is 8.53. The number of fused-ring (bicyclic) bond motifs is 19. The third kappa shape index (κ3) is 11.8. The highest BCUT2D eigenvalue weighted by Gasteiger charge is 2.35. The van der Waals surface area contributed by atoms with Crippen LogP contribution in [0.4, 0.5) is 39.8 Å².